The fourth-order valence-corrected chi connectivity index (χ4v) is 2.13. The molecule has 0 spiro atoms. The summed E-state index contributed by atoms with van der Waals surface area (Å²) in [5, 5.41) is 0. The van der Waals surface area contributed by atoms with Crippen LogP contribution in [0.3, 0.4) is 0 Å². The monoisotopic (exact) mass is 262 g/mol. The van der Waals surface area contributed by atoms with E-state index in [0.717, 1.165) is 26.2 Å². The zero-order valence-electron chi connectivity index (χ0n) is 12.4. The lowest BCUT2D eigenvalue weighted by Gasteiger charge is -2.23. The zero-order valence-corrected chi connectivity index (χ0v) is 12.4. The Morgan fingerprint density at radius 3 is 2.16 bits per heavy atom. The molecule has 0 bridgehead atoms. The van der Waals surface area contributed by atoms with Crippen molar-refractivity contribution in [2.45, 2.75) is 33.7 Å². The first-order chi connectivity index (χ1) is 9.21. The topological polar surface area (TPSA) is 23.6 Å². The zero-order chi connectivity index (χ0) is 14.1. The molecule has 0 aromatic heterocycles. The van der Waals surface area contributed by atoms with Crippen LogP contribution in [0.5, 0.6) is 0 Å². The summed E-state index contributed by atoms with van der Waals surface area (Å²) in [7, 11) is 0. The molecule has 0 fully saturated rings. The third kappa shape index (κ3) is 5.43. The third-order valence-corrected chi connectivity index (χ3v) is 3.49. The number of carbonyl (C=O) groups excluding carboxylic acids is 1. The molecule has 106 valence electrons. The van der Waals surface area contributed by atoms with E-state index in [1.165, 1.54) is 5.56 Å². The number of carbonyl (C=O) groups is 1. The van der Waals surface area contributed by atoms with Gasteiger partial charge in [0.2, 0.25) is 5.91 Å². The van der Waals surface area contributed by atoms with Crippen molar-refractivity contribution in [3.63, 3.8) is 0 Å². The average molecular weight is 262 g/mol. The van der Waals surface area contributed by atoms with Crippen molar-refractivity contribution in [3.8, 4) is 0 Å². The first-order valence-electron chi connectivity index (χ1n) is 7.25. The third-order valence-electron chi connectivity index (χ3n) is 3.49. The summed E-state index contributed by atoms with van der Waals surface area (Å²) < 4.78 is 0. The van der Waals surface area contributed by atoms with Gasteiger partial charge in [-0.1, -0.05) is 44.2 Å². The second kappa shape index (κ2) is 8.70. The van der Waals surface area contributed by atoms with Crippen molar-refractivity contribution in [2.75, 3.05) is 26.2 Å². The van der Waals surface area contributed by atoms with Crippen LogP contribution in [-0.4, -0.2) is 41.9 Å². The molecule has 1 rings (SSSR count). The highest BCUT2D eigenvalue weighted by Gasteiger charge is 2.12. The van der Waals surface area contributed by atoms with Gasteiger partial charge in [-0.25, -0.2) is 0 Å². The Morgan fingerprint density at radius 1 is 1.00 bits per heavy atom. The Labute approximate surface area is 117 Å². The van der Waals surface area contributed by atoms with Crippen LogP contribution in [0.25, 0.3) is 0 Å². The minimum absolute atomic E-state index is 0.248. The number of nitrogens with zero attached hydrogens (tertiary/aromatic N) is 2. The highest BCUT2D eigenvalue weighted by molar-refractivity contribution is 5.76. The first kappa shape index (κ1) is 15.7. The fraction of sp³-hybridized carbons (Fsp3) is 0.562. The van der Waals surface area contributed by atoms with Crippen molar-refractivity contribution in [1.82, 2.24) is 9.80 Å². The van der Waals surface area contributed by atoms with Crippen molar-refractivity contribution in [2.24, 2.45) is 0 Å². The SMILES string of the molecule is CCN(CC)CCC(=O)N(CC)Cc1ccccc1. The molecule has 1 amide bonds. The highest BCUT2D eigenvalue weighted by Crippen LogP contribution is 2.06. The summed E-state index contributed by atoms with van der Waals surface area (Å²) in [5.74, 6) is 0.248. The molecule has 3 heteroatoms. The number of hydrogen-bond acceptors (Lipinski definition) is 2. The number of hydrogen-bond donors (Lipinski definition) is 0. The van der Waals surface area contributed by atoms with Crippen LogP contribution in [0.2, 0.25) is 0 Å². The second-order valence-corrected chi connectivity index (χ2v) is 4.67. The summed E-state index contributed by atoms with van der Waals surface area (Å²) in [6.45, 7) is 10.7. The summed E-state index contributed by atoms with van der Waals surface area (Å²) in [6, 6.07) is 10.2. The molecule has 0 saturated heterocycles. The van der Waals surface area contributed by atoms with Crippen molar-refractivity contribution in [1.29, 1.82) is 0 Å². The normalized spacial score (nSPS) is 10.7. The predicted octanol–water partition coefficient (Wildman–Crippen LogP) is 2.77. The van der Waals surface area contributed by atoms with Crippen LogP contribution in [0.4, 0.5) is 0 Å². The van der Waals surface area contributed by atoms with Crippen molar-refractivity contribution < 1.29 is 4.79 Å². The smallest absolute Gasteiger partial charge is 0.224 e. The molecule has 0 aliphatic heterocycles. The van der Waals surface area contributed by atoms with Crippen LogP contribution in [-0.2, 0) is 11.3 Å². The van der Waals surface area contributed by atoms with Crippen molar-refractivity contribution in [3.05, 3.63) is 35.9 Å². The Bertz CT molecular complexity index is 360. The van der Waals surface area contributed by atoms with E-state index in [1.54, 1.807) is 0 Å². The quantitative estimate of drug-likeness (QED) is 0.719. The van der Waals surface area contributed by atoms with E-state index in [-0.39, 0.29) is 5.91 Å². The van der Waals surface area contributed by atoms with E-state index < -0.39 is 0 Å². The molecule has 0 atom stereocenters. The molecule has 0 heterocycles. The summed E-state index contributed by atoms with van der Waals surface area (Å²) >= 11 is 0. The standard InChI is InChI=1S/C16H26N2O/c1-4-17(5-2)13-12-16(19)18(6-3)14-15-10-8-7-9-11-15/h7-11H,4-6,12-14H2,1-3H3. The van der Waals surface area contributed by atoms with Gasteiger partial charge in [0.1, 0.15) is 0 Å². The first-order valence-corrected chi connectivity index (χ1v) is 7.25. The van der Waals surface area contributed by atoms with Crippen LogP contribution < -0.4 is 0 Å². The van der Waals surface area contributed by atoms with Gasteiger partial charge in [-0.3, -0.25) is 4.79 Å². The number of benzene rings is 1. The van der Waals surface area contributed by atoms with Gasteiger partial charge in [-0.05, 0) is 25.6 Å². The lowest BCUT2D eigenvalue weighted by atomic mass is 10.2. The molecular weight excluding hydrogens is 236 g/mol. The minimum Gasteiger partial charge on any atom is -0.339 e. The molecule has 3 nitrogen and oxygen atoms in total. The van der Waals surface area contributed by atoms with Gasteiger partial charge in [0.05, 0.1) is 0 Å². The Balaban J connectivity index is 2.48. The molecule has 0 saturated carbocycles. The van der Waals surface area contributed by atoms with Gasteiger partial charge in [0, 0.05) is 26.1 Å². The summed E-state index contributed by atoms with van der Waals surface area (Å²) in [4.78, 5) is 16.4. The van der Waals surface area contributed by atoms with Gasteiger partial charge in [0.15, 0.2) is 0 Å². The highest BCUT2D eigenvalue weighted by atomic mass is 16.2. The number of amides is 1. The maximum atomic E-state index is 12.2. The lowest BCUT2D eigenvalue weighted by Crippen LogP contribution is -2.34. The van der Waals surface area contributed by atoms with Gasteiger partial charge >= 0.3 is 0 Å². The maximum Gasteiger partial charge on any atom is 0.224 e. The number of rotatable bonds is 8. The van der Waals surface area contributed by atoms with Crippen molar-refractivity contribution >= 4 is 5.91 Å². The molecular formula is C16H26N2O. The van der Waals surface area contributed by atoms with Gasteiger partial charge in [0.25, 0.3) is 0 Å². The maximum absolute atomic E-state index is 12.2. The molecule has 0 unspecified atom stereocenters. The Hall–Kier alpha value is -1.35. The van der Waals surface area contributed by atoms with E-state index in [4.69, 9.17) is 0 Å². The summed E-state index contributed by atoms with van der Waals surface area (Å²) in [5.41, 5.74) is 1.19. The molecule has 0 aliphatic carbocycles. The summed E-state index contributed by atoms with van der Waals surface area (Å²) in [6.07, 6.45) is 0.613. The lowest BCUT2D eigenvalue weighted by molar-refractivity contribution is -0.131. The minimum atomic E-state index is 0.248. The molecule has 19 heavy (non-hydrogen) atoms. The molecule has 0 radical (unpaired) electrons. The van der Waals surface area contributed by atoms with E-state index >= 15 is 0 Å². The molecule has 1 aromatic rings. The average Bonchev–Trinajstić information content (AvgIpc) is 2.46. The second-order valence-electron chi connectivity index (χ2n) is 4.67. The van der Waals surface area contributed by atoms with Crippen LogP contribution in [0, 0.1) is 0 Å². The van der Waals surface area contributed by atoms with E-state index in [1.807, 2.05) is 30.0 Å². The van der Waals surface area contributed by atoms with Crippen LogP contribution in [0.1, 0.15) is 32.8 Å². The fourth-order valence-electron chi connectivity index (χ4n) is 2.13. The van der Waals surface area contributed by atoms with Gasteiger partial charge < -0.3 is 9.80 Å². The van der Waals surface area contributed by atoms with Gasteiger partial charge in [-0.15, -0.1) is 0 Å². The van der Waals surface area contributed by atoms with Crippen LogP contribution >= 0.6 is 0 Å². The Kier molecular flexibility index (Phi) is 7.19. The van der Waals surface area contributed by atoms with Crippen LogP contribution in [0.15, 0.2) is 30.3 Å². The Morgan fingerprint density at radius 2 is 1.63 bits per heavy atom. The molecule has 0 N–H and O–H groups in total. The largest absolute Gasteiger partial charge is 0.339 e. The van der Waals surface area contributed by atoms with E-state index in [2.05, 4.69) is 30.9 Å². The van der Waals surface area contributed by atoms with Gasteiger partial charge in [-0.2, -0.15) is 0 Å². The molecule has 1 aromatic carbocycles. The van der Waals surface area contributed by atoms with E-state index in [0.29, 0.717) is 13.0 Å². The van der Waals surface area contributed by atoms with E-state index in [9.17, 15) is 4.79 Å². The molecule has 0 aliphatic rings. The predicted molar refractivity (Wildman–Crippen MR) is 79.9 cm³/mol.